The van der Waals surface area contributed by atoms with Crippen LogP contribution in [0.1, 0.15) is 12.5 Å². The molecule has 0 N–H and O–H groups in total. The van der Waals surface area contributed by atoms with Crippen LogP contribution in [0.2, 0.25) is 0 Å². The molecule has 0 saturated heterocycles. The zero-order valence-corrected chi connectivity index (χ0v) is 6.13. The second kappa shape index (κ2) is 4.07. The summed E-state index contributed by atoms with van der Waals surface area (Å²) < 4.78 is 5.20. The second-order valence-electron chi connectivity index (χ2n) is 2.05. The molecule has 0 heterocycles. The number of benzene rings is 1. The van der Waals surface area contributed by atoms with Crippen LogP contribution in [0.3, 0.4) is 0 Å². The number of rotatable bonds is 3. The Balaban J connectivity index is 2.43. The van der Waals surface area contributed by atoms with E-state index >= 15 is 0 Å². The van der Waals surface area contributed by atoms with Crippen molar-refractivity contribution in [3.63, 3.8) is 0 Å². The fourth-order valence-electron chi connectivity index (χ4n) is 0.740. The largest absolute Gasteiger partial charge is 0.377 e. The molecular weight excluding hydrogens is 124 g/mol. The Morgan fingerprint density at radius 3 is 3.10 bits per heavy atom. The highest BCUT2D eigenvalue weighted by atomic mass is 16.5. The van der Waals surface area contributed by atoms with Gasteiger partial charge in [0.1, 0.15) is 0 Å². The van der Waals surface area contributed by atoms with Gasteiger partial charge in [0.25, 0.3) is 0 Å². The van der Waals surface area contributed by atoms with Crippen molar-refractivity contribution in [3.05, 3.63) is 35.9 Å². The molecule has 1 rings (SSSR count). The fourth-order valence-corrected chi connectivity index (χ4v) is 0.740. The van der Waals surface area contributed by atoms with Gasteiger partial charge in [0, 0.05) is 6.61 Å². The van der Waals surface area contributed by atoms with E-state index in [-0.39, 0.29) is 0 Å². The van der Waals surface area contributed by atoms with E-state index in [0.717, 1.165) is 6.61 Å². The highest BCUT2D eigenvalue weighted by Crippen LogP contribution is 1.98. The van der Waals surface area contributed by atoms with Gasteiger partial charge in [-0.15, -0.1) is 0 Å². The van der Waals surface area contributed by atoms with Gasteiger partial charge in [-0.2, -0.15) is 0 Å². The van der Waals surface area contributed by atoms with E-state index in [1.807, 2.05) is 31.2 Å². The minimum Gasteiger partial charge on any atom is -0.377 e. The lowest BCUT2D eigenvalue weighted by Crippen LogP contribution is -1.90. The molecule has 10 heavy (non-hydrogen) atoms. The Hall–Kier alpha value is -0.820. The summed E-state index contributed by atoms with van der Waals surface area (Å²) in [6.45, 7) is 3.47. The molecule has 1 aromatic rings. The molecule has 1 aromatic carbocycles. The predicted octanol–water partition coefficient (Wildman–Crippen LogP) is 2.02. The summed E-state index contributed by atoms with van der Waals surface area (Å²) in [4.78, 5) is 0. The Bertz CT molecular complexity index is 169. The van der Waals surface area contributed by atoms with Crippen LogP contribution in [-0.4, -0.2) is 6.61 Å². The zero-order valence-electron chi connectivity index (χ0n) is 6.13. The van der Waals surface area contributed by atoms with Gasteiger partial charge in [0.15, 0.2) is 0 Å². The lowest BCUT2D eigenvalue weighted by Gasteiger charge is -1.98. The summed E-state index contributed by atoms with van der Waals surface area (Å²) in [5.74, 6) is 0. The Kier molecular flexibility index (Phi) is 2.97. The molecule has 0 fully saturated rings. The SMILES string of the molecule is CCOCc1c[c]ccc1. The minimum absolute atomic E-state index is 0.702. The molecular formula is C9H11O. The molecule has 0 aliphatic heterocycles. The van der Waals surface area contributed by atoms with Crippen molar-refractivity contribution in [3.8, 4) is 0 Å². The smallest absolute Gasteiger partial charge is 0.0716 e. The molecule has 0 aliphatic rings. The summed E-state index contributed by atoms with van der Waals surface area (Å²) in [7, 11) is 0. The first-order chi connectivity index (χ1) is 4.93. The minimum atomic E-state index is 0.702. The first-order valence-electron chi connectivity index (χ1n) is 3.46. The third-order valence-electron chi connectivity index (χ3n) is 1.24. The average Bonchev–Trinajstić information content (AvgIpc) is 2.03. The first-order valence-corrected chi connectivity index (χ1v) is 3.46. The van der Waals surface area contributed by atoms with E-state index in [0.29, 0.717) is 6.61 Å². The zero-order chi connectivity index (χ0) is 7.23. The summed E-state index contributed by atoms with van der Waals surface area (Å²) in [6, 6.07) is 10.8. The molecule has 0 aromatic heterocycles. The van der Waals surface area contributed by atoms with Gasteiger partial charge in [-0.3, -0.25) is 0 Å². The van der Waals surface area contributed by atoms with Crippen molar-refractivity contribution in [1.29, 1.82) is 0 Å². The lowest BCUT2D eigenvalue weighted by molar-refractivity contribution is 0.134. The maximum atomic E-state index is 5.20. The summed E-state index contributed by atoms with van der Waals surface area (Å²) in [5.41, 5.74) is 1.18. The molecule has 1 nitrogen and oxygen atoms in total. The molecule has 0 saturated carbocycles. The van der Waals surface area contributed by atoms with E-state index < -0.39 is 0 Å². The molecule has 0 unspecified atom stereocenters. The topological polar surface area (TPSA) is 9.23 Å². The summed E-state index contributed by atoms with van der Waals surface area (Å²) in [6.07, 6.45) is 0. The molecule has 53 valence electrons. The monoisotopic (exact) mass is 135 g/mol. The molecule has 1 radical (unpaired) electrons. The number of hydrogen-bond donors (Lipinski definition) is 0. The fraction of sp³-hybridized carbons (Fsp3) is 0.333. The molecule has 1 heteroatoms. The number of ether oxygens (including phenoxy) is 1. The van der Waals surface area contributed by atoms with E-state index in [9.17, 15) is 0 Å². The highest BCUT2D eigenvalue weighted by Gasteiger charge is 1.87. The molecule has 0 amide bonds. The third kappa shape index (κ3) is 2.19. The van der Waals surface area contributed by atoms with Crippen LogP contribution in [0, 0.1) is 6.07 Å². The van der Waals surface area contributed by atoms with Crippen LogP contribution in [-0.2, 0) is 11.3 Å². The Morgan fingerprint density at radius 1 is 1.60 bits per heavy atom. The third-order valence-corrected chi connectivity index (χ3v) is 1.24. The summed E-state index contributed by atoms with van der Waals surface area (Å²) >= 11 is 0. The number of hydrogen-bond acceptors (Lipinski definition) is 1. The second-order valence-corrected chi connectivity index (χ2v) is 2.05. The Labute approximate surface area is 61.6 Å². The van der Waals surface area contributed by atoms with Crippen molar-refractivity contribution in [2.75, 3.05) is 6.61 Å². The predicted molar refractivity (Wildman–Crippen MR) is 40.6 cm³/mol. The van der Waals surface area contributed by atoms with E-state index in [1.165, 1.54) is 5.56 Å². The van der Waals surface area contributed by atoms with Crippen LogP contribution >= 0.6 is 0 Å². The van der Waals surface area contributed by atoms with Crippen LogP contribution in [0.15, 0.2) is 24.3 Å². The van der Waals surface area contributed by atoms with Crippen LogP contribution in [0.5, 0.6) is 0 Å². The normalized spacial score (nSPS) is 9.70. The molecule has 0 atom stereocenters. The molecule has 0 spiro atoms. The molecule has 0 aliphatic carbocycles. The van der Waals surface area contributed by atoms with Gasteiger partial charge in [0.05, 0.1) is 6.61 Å². The van der Waals surface area contributed by atoms with Crippen LogP contribution in [0.25, 0.3) is 0 Å². The van der Waals surface area contributed by atoms with Gasteiger partial charge < -0.3 is 4.74 Å². The van der Waals surface area contributed by atoms with E-state index in [4.69, 9.17) is 4.74 Å². The van der Waals surface area contributed by atoms with Crippen molar-refractivity contribution < 1.29 is 4.74 Å². The maximum Gasteiger partial charge on any atom is 0.0716 e. The van der Waals surface area contributed by atoms with Gasteiger partial charge >= 0.3 is 0 Å². The van der Waals surface area contributed by atoms with Crippen LogP contribution < -0.4 is 0 Å². The van der Waals surface area contributed by atoms with E-state index in [2.05, 4.69) is 6.07 Å². The van der Waals surface area contributed by atoms with Crippen LogP contribution in [0.4, 0.5) is 0 Å². The van der Waals surface area contributed by atoms with Crippen molar-refractivity contribution in [2.24, 2.45) is 0 Å². The standard InChI is InChI=1S/C9H11O/c1-2-10-8-9-6-4-3-5-7-9/h3-4,6-7H,2,8H2,1H3. The maximum absolute atomic E-state index is 5.20. The lowest BCUT2D eigenvalue weighted by atomic mass is 10.2. The van der Waals surface area contributed by atoms with E-state index in [1.54, 1.807) is 0 Å². The van der Waals surface area contributed by atoms with Crippen molar-refractivity contribution in [1.82, 2.24) is 0 Å². The van der Waals surface area contributed by atoms with Gasteiger partial charge in [-0.05, 0) is 24.6 Å². The summed E-state index contributed by atoms with van der Waals surface area (Å²) in [5, 5.41) is 0. The Morgan fingerprint density at radius 2 is 2.50 bits per heavy atom. The average molecular weight is 135 g/mol. The van der Waals surface area contributed by atoms with Gasteiger partial charge in [-0.25, -0.2) is 0 Å². The van der Waals surface area contributed by atoms with Crippen molar-refractivity contribution >= 4 is 0 Å². The highest BCUT2D eigenvalue weighted by molar-refractivity contribution is 5.12. The quantitative estimate of drug-likeness (QED) is 0.616. The van der Waals surface area contributed by atoms with Gasteiger partial charge in [0.2, 0.25) is 0 Å². The first kappa shape index (κ1) is 7.29. The van der Waals surface area contributed by atoms with Crippen molar-refractivity contribution in [2.45, 2.75) is 13.5 Å². The van der Waals surface area contributed by atoms with Gasteiger partial charge in [-0.1, -0.05) is 18.2 Å². The molecule has 0 bridgehead atoms.